The van der Waals surface area contributed by atoms with Gasteiger partial charge in [0.15, 0.2) is 0 Å². The lowest BCUT2D eigenvalue weighted by atomic mass is 9.78. The highest BCUT2D eigenvalue weighted by atomic mass is 127. The molecule has 0 fully saturated rings. The molecule has 2 unspecified atom stereocenters. The van der Waals surface area contributed by atoms with Crippen molar-refractivity contribution in [1.82, 2.24) is 9.58 Å². The lowest BCUT2D eigenvalue weighted by molar-refractivity contribution is 0.240. The minimum atomic E-state index is 0.109. The molecule has 2 atom stereocenters. The van der Waals surface area contributed by atoms with Crippen LogP contribution in [0.3, 0.4) is 0 Å². The molecule has 200 valence electrons. The Balaban J connectivity index is 1.40. The number of benzene rings is 3. The summed E-state index contributed by atoms with van der Waals surface area (Å²) in [7, 11) is 0. The quantitative estimate of drug-likeness (QED) is 0.152. The first-order chi connectivity index (χ1) is 20.7. The molecular weight excluding hydrogens is 629 g/mol. The highest BCUT2D eigenvalue weighted by Gasteiger charge is 2.56. The van der Waals surface area contributed by atoms with E-state index >= 15 is 0 Å². The third-order valence-electron chi connectivity index (χ3n) is 9.57. The molecule has 0 saturated carbocycles. The third-order valence-corrected chi connectivity index (χ3v) is 10.5. The van der Waals surface area contributed by atoms with Crippen LogP contribution in [0.1, 0.15) is 16.9 Å². The highest BCUT2D eigenvalue weighted by molar-refractivity contribution is 14.1. The molecule has 0 amide bonds. The van der Waals surface area contributed by atoms with Gasteiger partial charge in [-0.05, 0) is 63.9 Å². The minimum Gasteiger partial charge on any atom is -0.456 e. The molecule has 4 aromatic rings. The predicted molar refractivity (Wildman–Crippen MR) is 178 cm³/mol. The van der Waals surface area contributed by atoms with E-state index in [1.165, 1.54) is 70.8 Å². The van der Waals surface area contributed by atoms with Gasteiger partial charge in [0.05, 0.1) is 27.6 Å². The summed E-state index contributed by atoms with van der Waals surface area (Å²) in [6, 6.07) is 24.3. The molecule has 3 aromatic carbocycles. The number of nitrogens with zero attached hydrogens (tertiary/aromatic N) is 3. The van der Waals surface area contributed by atoms with Crippen molar-refractivity contribution in [3.63, 3.8) is 0 Å². The standard InChI is InChI=1S/C37H25IN3O/c1-21-10-8-18-30-34(21)41-36-31(39(30)29-17-6-4-15-27(29)38)20-26-23-12-3-7-19-32(23)42-37(26)33(36)25-14-9-13-24-22-11-2-5-16-28(22)40(41)35(24)25/h2-19,28,35H,20H2,1H3/q+1. The zero-order chi connectivity index (χ0) is 27.7. The number of aryl methyl sites for hydroxylation is 1. The Morgan fingerprint density at radius 2 is 1.71 bits per heavy atom. The number of fused-ring (bicyclic) bond motifs is 10. The molecule has 4 heterocycles. The second-order valence-corrected chi connectivity index (χ2v) is 12.8. The minimum absolute atomic E-state index is 0.109. The van der Waals surface area contributed by atoms with Crippen LogP contribution in [0.15, 0.2) is 136 Å². The van der Waals surface area contributed by atoms with E-state index in [0.29, 0.717) is 0 Å². The molecule has 3 aliphatic heterocycles. The topological polar surface area (TPSA) is 22.6 Å². The first kappa shape index (κ1) is 23.4. The number of anilines is 1. The van der Waals surface area contributed by atoms with Crippen molar-refractivity contribution < 1.29 is 4.42 Å². The molecule has 1 aromatic heterocycles. The van der Waals surface area contributed by atoms with Crippen molar-refractivity contribution in [3.8, 4) is 0 Å². The van der Waals surface area contributed by atoms with Gasteiger partial charge in [-0.1, -0.05) is 85.0 Å². The number of halogens is 1. The van der Waals surface area contributed by atoms with Gasteiger partial charge in [-0.2, -0.15) is 9.58 Å². The fraction of sp³-hybridized carbons (Fsp3) is 0.108. The van der Waals surface area contributed by atoms with E-state index in [4.69, 9.17) is 4.42 Å². The van der Waals surface area contributed by atoms with Crippen molar-refractivity contribution in [2.45, 2.75) is 25.4 Å². The Bertz CT molecular complexity index is 2170. The van der Waals surface area contributed by atoms with E-state index in [1.807, 2.05) is 0 Å². The molecule has 4 nitrogen and oxygen atoms in total. The second kappa shape index (κ2) is 8.21. The molecule has 6 aliphatic rings. The van der Waals surface area contributed by atoms with Crippen molar-refractivity contribution in [3.05, 3.63) is 152 Å². The SMILES string of the molecule is Cc1cccc2c1N1C3=C(C4=CC=CC5=C6C=CC=CC6N1C45)c1oc4ccccc4c1CC3=[N+]2c1ccccc1I. The van der Waals surface area contributed by atoms with Crippen molar-refractivity contribution in [2.24, 2.45) is 0 Å². The van der Waals surface area contributed by atoms with Crippen molar-refractivity contribution in [2.75, 3.05) is 5.01 Å². The van der Waals surface area contributed by atoms with E-state index in [1.54, 1.807) is 0 Å². The lowest BCUT2D eigenvalue weighted by Gasteiger charge is -2.50. The first-order valence-electron chi connectivity index (χ1n) is 14.5. The van der Waals surface area contributed by atoms with E-state index in [2.05, 4.69) is 153 Å². The molecule has 3 aliphatic carbocycles. The zero-order valence-electron chi connectivity index (χ0n) is 22.9. The summed E-state index contributed by atoms with van der Waals surface area (Å²) >= 11 is 2.50. The van der Waals surface area contributed by atoms with E-state index in [9.17, 15) is 0 Å². The van der Waals surface area contributed by atoms with Crippen LogP contribution < -0.4 is 9.58 Å². The van der Waals surface area contributed by atoms with Crippen LogP contribution in [-0.4, -0.2) is 22.8 Å². The van der Waals surface area contributed by atoms with Crippen LogP contribution in [0.5, 0.6) is 0 Å². The Hall–Kier alpha value is -4.20. The summed E-state index contributed by atoms with van der Waals surface area (Å²) in [6.45, 7) is 2.25. The fourth-order valence-electron chi connectivity index (χ4n) is 7.95. The number of para-hydroxylation sites is 3. The second-order valence-electron chi connectivity index (χ2n) is 11.7. The number of rotatable bonds is 1. The van der Waals surface area contributed by atoms with Gasteiger partial charge in [0, 0.05) is 23.1 Å². The van der Waals surface area contributed by atoms with Gasteiger partial charge in [0.2, 0.25) is 17.1 Å². The average Bonchev–Trinajstić information content (AvgIpc) is 3.56. The summed E-state index contributed by atoms with van der Waals surface area (Å²) in [5, 5.41) is 6.40. The molecular formula is C37H25IN3O+. The van der Waals surface area contributed by atoms with Crippen LogP contribution >= 0.6 is 22.6 Å². The van der Waals surface area contributed by atoms with E-state index in [-0.39, 0.29) is 12.1 Å². The molecule has 0 N–H and O–H groups in total. The third kappa shape index (κ3) is 2.78. The normalized spacial score (nSPS) is 22.8. The van der Waals surface area contributed by atoms with Crippen LogP contribution in [0.25, 0.3) is 16.5 Å². The maximum absolute atomic E-state index is 6.82. The van der Waals surface area contributed by atoms with Crippen molar-refractivity contribution >= 4 is 61.9 Å². The summed E-state index contributed by atoms with van der Waals surface area (Å²) in [5.41, 5.74) is 15.0. The Labute approximate surface area is 257 Å². The maximum Gasteiger partial charge on any atom is 0.237 e. The van der Waals surface area contributed by atoms with E-state index < -0.39 is 0 Å². The van der Waals surface area contributed by atoms with Gasteiger partial charge in [0.1, 0.15) is 22.7 Å². The Morgan fingerprint density at radius 1 is 0.881 bits per heavy atom. The summed E-state index contributed by atoms with van der Waals surface area (Å²) in [5.74, 6) is 1.02. The first-order valence-corrected chi connectivity index (χ1v) is 15.6. The maximum atomic E-state index is 6.82. The van der Waals surface area contributed by atoms with Crippen LogP contribution in [0.2, 0.25) is 0 Å². The molecule has 0 bridgehead atoms. The number of hydrogen-bond acceptors (Lipinski definition) is 3. The molecule has 0 saturated heterocycles. The summed E-state index contributed by atoms with van der Waals surface area (Å²) in [4.78, 5) is 0. The summed E-state index contributed by atoms with van der Waals surface area (Å²) < 4.78 is 10.6. The van der Waals surface area contributed by atoms with Gasteiger partial charge in [0.25, 0.3) is 0 Å². The smallest absolute Gasteiger partial charge is 0.237 e. The molecule has 0 spiro atoms. The highest BCUT2D eigenvalue weighted by Crippen LogP contribution is 2.57. The molecule has 42 heavy (non-hydrogen) atoms. The van der Waals surface area contributed by atoms with Gasteiger partial charge in [-0.3, -0.25) is 5.01 Å². The molecule has 10 rings (SSSR count). The Kier molecular flexibility index (Phi) is 4.57. The van der Waals surface area contributed by atoms with Crippen LogP contribution in [-0.2, 0) is 6.42 Å². The summed E-state index contributed by atoms with van der Waals surface area (Å²) in [6.07, 6.45) is 16.7. The zero-order valence-corrected chi connectivity index (χ0v) is 25.0. The monoisotopic (exact) mass is 654 g/mol. The molecule has 5 heteroatoms. The number of hydrogen-bond donors (Lipinski definition) is 0. The van der Waals surface area contributed by atoms with Crippen molar-refractivity contribution in [1.29, 1.82) is 0 Å². The fourth-order valence-corrected chi connectivity index (χ4v) is 8.58. The number of allylic oxidation sites excluding steroid dienone is 5. The predicted octanol–water partition coefficient (Wildman–Crippen LogP) is 8.31. The molecule has 0 radical (unpaired) electrons. The number of hydrazine groups is 1. The van der Waals surface area contributed by atoms with Gasteiger partial charge in [-0.25, -0.2) is 0 Å². The van der Waals surface area contributed by atoms with Crippen LogP contribution in [0.4, 0.5) is 17.1 Å². The van der Waals surface area contributed by atoms with Crippen LogP contribution in [0, 0.1) is 10.5 Å². The van der Waals surface area contributed by atoms with Gasteiger partial charge < -0.3 is 4.42 Å². The lowest BCUT2D eigenvalue weighted by Crippen LogP contribution is -2.59. The van der Waals surface area contributed by atoms with E-state index in [0.717, 1.165) is 17.8 Å². The average molecular weight is 655 g/mol. The number of furan rings is 1. The van der Waals surface area contributed by atoms with Gasteiger partial charge >= 0.3 is 0 Å². The largest absolute Gasteiger partial charge is 0.456 e. The Morgan fingerprint density at radius 3 is 2.64 bits per heavy atom. The van der Waals surface area contributed by atoms with Gasteiger partial charge in [-0.15, -0.1) is 0 Å².